The molecule has 0 fully saturated rings. The first-order valence-electron chi connectivity index (χ1n) is 7.62. The van der Waals surface area contributed by atoms with Crippen LogP contribution in [0.3, 0.4) is 0 Å². The maximum atomic E-state index is 12.4. The van der Waals surface area contributed by atoms with Crippen molar-refractivity contribution in [3.63, 3.8) is 0 Å². The van der Waals surface area contributed by atoms with Gasteiger partial charge in [0.1, 0.15) is 11.1 Å². The standard InChI is InChI=1S/C17H18ClN5O/c1-12-8-9-19-23(12)13(2)17(24)20-16-15(18)11-22(21-16)10-14-6-4-3-5-7-14/h3-9,11,13H,10H2,1-2H3,(H,20,21,24). The number of carbonyl (C=O) groups excluding carboxylic acids is 1. The fraction of sp³-hybridized carbons (Fsp3) is 0.235. The lowest BCUT2D eigenvalue weighted by molar-refractivity contribution is -0.119. The van der Waals surface area contributed by atoms with Gasteiger partial charge in [0.25, 0.3) is 0 Å². The minimum Gasteiger partial charge on any atom is -0.306 e. The fourth-order valence-electron chi connectivity index (χ4n) is 2.45. The summed E-state index contributed by atoms with van der Waals surface area (Å²) in [5, 5.41) is 11.7. The van der Waals surface area contributed by atoms with E-state index in [1.807, 2.05) is 43.3 Å². The average molecular weight is 344 g/mol. The van der Waals surface area contributed by atoms with Gasteiger partial charge in [-0.15, -0.1) is 0 Å². The molecule has 1 unspecified atom stereocenters. The van der Waals surface area contributed by atoms with Gasteiger partial charge >= 0.3 is 0 Å². The van der Waals surface area contributed by atoms with Crippen molar-refractivity contribution in [1.82, 2.24) is 19.6 Å². The summed E-state index contributed by atoms with van der Waals surface area (Å²) in [4.78, 5) is 12.4. The number of hydrogen-bond acceptors (Lipinski definition) is 3. The summed E-state index contributed by atoms with van der Waals surface area (Å²) in [5.41, 5.74) is 2.02. The maximum Gasteiger partial charge on any atom is 0.250 e. The molecule has 3 aromatic rings. The van der Waals surface area contributed by atoms with Gasteiger partial charge in [-0.05, 0) is 25.5 Å². The van der Waals surface area contributed by atoms with Crippen molar-refractivity contribution in [2.75, 3.05) is 5.32 Å². The van der Waals surface area contributed by atoms with Crippen molar-refractivity contribution in [3.05, 3.63) is 65.1 Å². The van der Waals surface area contributed by atoms with Crippen LogP contribution in [0.1, 0.15) is 24.2 Å². The first-order valence-corrected chi connectivity index (χ1v) is 8.00. The Bertz CT molecular complexity index is 840. The molecule has 0 aliphatic heterocycles. The minimum absolute atomic E-state index is 0.214. The van der Waals surface area contributed by atoms with Crippen molar-refractivity contribution in [3.8, 4) is 0 Å². The number of hydrogen-bond donors (Lipinski definition) is 1. The summed E-state index contributed by atoms with van der Waals surface area (Å²) in [5.74, 6) is 0.142. The van der Waals surface area contributed by atoms with Gasteiger partial charge in [-0.1, -0.05) is 41.9 Å². The number of benzene rings is 1. The maximum absolute atomic E-state index is 12.4. The molecule has 124 valence electrons. The molecule has 1 amide bonds. The van der Waals surface area contributed by atoms with E-state index in [1.165, 1.54) is 0 Å². The zero-order chi connectivity index (χ0) is 17.1. The van der Waals surface area contributed by atoms with Gasteiger partial charge < -0.3 is 5.32 Å². The number of nitrogens with zero attached hydrogens (tertiary/aromatic N) is 4. The van der Waals surface area contributed by atoms with Crippen molar-refractivity contribution in [2.45, 2.75) is 26.4 Å². The van der Waals surface area contributed by atoms with Crippen LogP contribution in [0.25, 0.3) is 0 Å². The molecule has 2 heterocycles. The molecular formula is C17H18ClN5O. The third-order valence-corrected chi connectivity index (χ3v) is 4.04. The molecule has 0 bridgehead atoms. The SMILES string of the molecule is Cc1ccnn1C(C)C(=O)Nc1nn(Cc2ccccc2)cc1Cl. The monoisotopic (exact) mass is 343 g/mol. The number of halogens is 1. The predicted molar refractivity (Wildman–Crippen MR) is 93.1 cm³/mol. The Morgan fingerprint density at radius 3 is 2.71 bits per heavy atom. The van der Waals surface area contributed by atoms with Crippen molar-refractivity contribution in [1.29, 1.82) is 0 Å². The zero-order valence-electron chi connectivity index (χ0n) is 13.5. The average Bonchev–Trinajstić information content (AvgIpc) is 3.13. The van der Waals surface area contributed by atoms with E-state index in [0.717, 1.165) is 11.3 Å². The largest absolute Gasteiger partial charge is 0.306 e. The zero-order valence-corrected chi connectivity index (χ0v) is 14.2. The Labute approximate surface area is 145 Å². The summed E-state index contributed by atoms with van der Waals surface area (Å²) in [6.45, 7) is 4.27. The van der Waals surface area contributed by atoms with E-state index in [9.17, 15) is 4.79 Å². The molecule has 0 saturated carbocycles. The smallest absolute Gasteiger partial charge is 0.250 e. The molecule has 6 nitrogen and oxygen atoms in total. The molecule has 3 rings (SSSR count). The first kappa shape index (κ1) is 16.3. The summed E-state index contributed by atoms with van der Waals surface area (Å²) in [6.07, 6.45) is 3.37. The van der Waals surface area contributed by atoms with Crippen molar-refractivity contribution < 1.29 is 4.79 Å². The van der Waals surface area contributed by atoms with E-state index in [0.29, 0.717) is 17.4 Å². The molecule has 2 aromatic heterocycles. The molecule has 0 aliphatic carbocycles. The van der Waals surface area contributed by atoms with E-state index < -0.39 is 6.04 Å². The predicted octanol–water partition coefficient (Wildman–Crippen LogP) is 3.29. The Hall–Kier alpha value is -2.60. The van der Waals surface area contributed by atoms with E-state index >= 15 is 0 Å². The second-order valence-corrected chi connectivity index (χ2v) is 6.00. The van der Waals surface area contributed by atoms with Gasteiger partial charge in [-0.25, -0.2) is 0 Å². The Morgan fingerprint density at radius 1 is 1.29 bits per heavy atom. The van der Waals surface area contributed by atoms with Gasteiger partial charge in [0.05, 0.1) is 6.54 Å². The molecule has 1 atom stereocenters. The number of nitrogens with one attached hydrogen (secondary N) is 1. The molecular weight excluding hydrogens is 326 g/mol. The molecule has 7 heteroatoms. The Morgan fingerprint density at radius 2 is 2.04 bits per heavy atom. The topological polar surface area (TPSA) is 64.7 Å². The van der Waals surface area contributed by atoms with Gasteiger partial charge in [0.2, 0.25) is 5.91 Å². The van der Waals surface area contributed by atoms with Gasteiger partial charge in [0.15, 0.2) is 5.82 Å². The number of amides is 1. The van der Waals surface area contributed by atoms with Crippen LogP contribution in [0.4, 0.5) is 5.82 Å². The van der Waals surface area contributed by atoms with Crippen LogP contribution in [-0.2, 0) is 11.3 Å². The van der Waals surface area contributed by atoms with Crippen LogP contribution in [0, 0.1) is 6.92 Å². The molecule has 0 saturated heterocycles. The van der Waals surface area contributed by atoms with Crippen molar-refractivity contribution >= 4 is 23.3 Å². The van der Waals surface area contributed by atoms with E-state index in [2.05, 4.69) is 15.5 Å². The second-order valence-electron chi connectivity index (χ2n) is 5.59. The second kappa shape index (κ2) is 6.88. The van der Waals surface area contributed by atoms with E-state index in [4.69, 9.17) is 11.6 Å². The van der Waals surface area contributed by atoms with Crippen LogP contribution >= 0.6 is 11.6 Å². The highest BCUT2D eigenvalue weighted by molar-refractivity contribution is 6.33. The van der Waals surface area contributed by atoms with Gasteiger partial charge in [0, 0.05) is 18.1 Å². The third kappa shape index (κ3) is 3.49. The van der Waals surface area contributed by atoms with Crippen LogP contribution in [0.2, 0.25) is 5.02 Å². The number of carbonyl (C=O) groups is 1. The highest BCUT2D eigenvalue weighted by Crippen LogP contribution is 2.21. The highest BCUT2D eigenvalue weighted by Gasteiger charge is 2.19. The molecule has 24 heavy (non-hydrogen) atoms. The van der Waals surface area contributed by atoms with Crippen LogP contribution in [0.5, 0.6) is 0 Å². The summed E-state index contributed by atoms with van der Waals surface area (Å²) in [7, 11) is 0. The summed E-state index contributed by atoms with van der Waals surface area (Å²) < 4.78 is 3.36. The Balaban J connectivity index is 1.71. The molecule has 0 spiro atoms. The molecule has 0 aliphatic rings. The summed E-state index contributed by atoms with van der Waals surface area (Å²) in [6, 6.07) is 11.3. The van der Waals surface area contributed by atoms with Crippen LogP contribution in [0.15, 0.2) is 48.8 Å². The summed E-state index contributed by atoms with van der Waals surface area (Å²) >= 11 is 6.20. The lowest BCUT2D eigenvalue weighted by Gasteiger charge is -2.13. The van der Waals surface area contributed by atoms with Gasteiger partial charge in [-0.3, -0.25) is 14.2 Å². The van der Waals surface area contributed by atoms with Crippen molar-refractivity contribution in [2.24, 2.45) is 0 Å². The van der Waals surface area contributed by atoms with E-state index in [1.54, 1.807) is 28.7 Å². The highest BCUT2D eigenvalue weighted by atomic mass is 35.5. The molecule has 0 radical (unpaired) electrons. The third-order valence-electron chi connectivity index (χ3n) is 3.76. The fourth-order valence-corrected chi connectivity index (χ4v) is 2.65. The lowest BCUT2D eigenvalue weighted by Crippen LogP contribution is -2.25. The normalized spacial score (nSPS) is 12.1. The van der Waals surface area contributed by atoms with E-state index in [-0.39, 0.29) is 5.91 Å². The van der Waals surface area contributed by atoms with Gasteiger partial charge in [-0.2, -0.15) is 10.2 Å². The first-order chi connectivity index (χ1) is 11.5. The minimum atomic E-state index is -0.449. The Kier molecular flexibility index (Phi) is 4.66. The number of aryl methyl sites for hydroxylation is 1. The number of aromatic nitrogens is 4. The van der Waals surface area contributed by atoms with Crippen LogP contribution < -0.4 is 5.32 Å². The number of rotatable bonds is 5. The molecule has 1 aromatic carbocycles. The quantitative estimate of drug-likeness (QED) is 0.773. The number of anilines is 1. The van der Waals surface area contributed by atoms with Crippen LogP contribution in [-0.4, -0.2) is 25.5 Å². The lowest BCUT2D eigenvalue weighted by atomic mass is 10.2. The molecule has 1 N–H and O–H groups in total.